The lowest BCUT2D eigenvalue weighted by Crippen LogP contribution is -2.30. The Balaban J connectivity index is 1.71. The van der Waals surface area contributed by atoms with Gasteiger partial charge in [0.25, 0.3) is 5.91 Å². The molecule has 11 heteroatoms. The number of ether oxygens (including phenoxy) is 1. The summed E-state index contributed by atoms with van der Waals surface area (Å²) in [4.78, 5) is 25.5. The number of sulfonamides is 1. The summed E-state index contributed by atoms with van der Waals surface area (Å²) < 4.78 is 45.6. The first-order valence-electron chi connectivity index (χ1n) is 10.5. The molecule has 1 aliphatic carbocycles. The minimum atomic E-state index is -3.91. The summed E-state index contributed by atoms with van der Waals surface area (Å²) in [7, 11) is -3.91. The van der Waals surface area contributed by atoms with Crippen LogP contribution in [0, 0.1) is 17.1 Å². The predicted octanol–water partition coefficient (Wildman–Crippen LogP) is 3.46. The third kappa shape index (κ3) is 5.24. The van der Waals surface area contributed by atoms with Crippen LogP contribution in [0.3, 0.4) is 0 Å². The standard InChI is InChI=1S/C22H24FN3O5S2/c1-3-26(4-2)33(29,30)14-9-10-18(23)16(11-14)22(28)31-13-20(27)25-21-17(12-24)15-7-5-6-8-19(15)32-21/h9-11H,3-8,13H2,1-2H3,(H,25,27). The average Bonchev–Trinajstić information content (AvgIpc) is 3.15. The summed E-state index contributed by atoms with van der Waals surface area (Å²) in [5.41, 5.74) is 0.796. The number of nitrogens with one attached hydrogen (secondary N) is 1. The molecule has 0 saturated carbocycles. The van der Waals surface area contributed by atoms with Crippen LogP contribution >= 0.6 is 11.3 Å². The van der Waals surface area contributed by atoms with Crippen LogP contribution in [0.2, 0.25) is 0 Å². The lowest BCUT2D eigenvalue weighted by Gasteiger charge is -2.18. The van der Waals surface area contributed by atoms with Crippen molar-refractivity contribution in [2.45, 2.75) is 44.4 Å². The Morgan fingerprint density at radius 3 is 2.61 bits per heavy atom. The molecule has 0 bridgehead atoms. The van der Waals surface area contributed by atoms with Crippen molar-refractivity contribution in [2.75, 3.05) is 25.0 Å². The van der Waals surface area contributed by atoms with Gasteiger partial charge in [-0.3, -0.25) is 4.79 Å². The molecule has 33 heavy (non-hydrogen) atoms. The van der Waals surface area contributed by atoms with Crippen LogP contribution in [-0.2, 0) is 32.4 Å². The molecule has 8 nitrogen and oxygen atoms in total. The Morgan fingerprint density at radius 1 is 1.24 bits per heavy atom. The second-order valence-corrected chi connectivity index (χ2v) is 10.4. The van der Waals surface area contributed by atoms with Crippen LogP contribution in [0.25, 0.3) is 0 Å². The summed E-state index contributed by atoms with van der Waals surface area (Å²) in [5, 5.41) is 12.5. The summed E-state index contributed by atoms with van der Waals surface area (Å²) in [5.74, 6) is -2.80. The molecule has 0 spiro atoms. The second kappa shape index (κ2) is 10.4. The molecule has 1 aliphatic rings. The smallest absolute Gasteiger partial charge is 0.341 e. The number of amides is 1. The molecule has 0 radical (unpaired) electrons. The molecule has 1 N–H and O–H groups in total. The van der Waals surface area contributed by atoms with Gasteiger partial charge in [0.1, 0.15) is 16.9 Å². The molecule has 1 aromatic carbocycles. The van der Waals surface area contributed by atoms with Gasteiger partial charge in [-0.25, -0.2) is 17.6 Å². The Labute approximate surface area is 196 Å². The van der Waals surface area contributed by atoms with E-state index in [2.05, 4.69) is 11.4 Å². The highest BCUT2D eigenvalue weighted by Crippen LogP contribution is 2.37. The summed E-state index contributed by atoms with van der Waals surface area (Å²) in [6.07, 6.45) is 3.65. The van der Waals surface area contributed by atoms with E-state index in [0.29, 0.717) is 10.6 Å². The van der Waals surface area contributed by atoms with Gasteiger partial charge >= 0.3 is 5.97 Å². The van der Waals surface area contributed by atoms with Gasteiger partial charge in [-0.05, 0) is 49.4 Å². The van der Waals surface area contributed by atoms with Crippen LogP contribution in [0.15, 0.2) is 23.1 Å². The number of rotatable bonds is 8. The van der Waals surface area contributed by atoms with Gasteiger partial charge in [-0.15, -0.1) is 11.3 Å². The SMILES string of the molecule is CCN(CC)S(=O)(=O)c1ccc(F)c(C(=O)OCC(=O)Nc2sc3c(c2C#N)CCCC3)c1. The highest BCUT2D eigenvalue weighted by atomic mass is 32.2. The van der Waals surface area contributed by atoms with E-state index in [1.807, 2.05) is 0 Å². The van der Waals surface area contributed by atoms with Crippen LogP contribution < -0.4 is 5.32 Å². The number of nitrogens with zero attached hydrogens (tertiary/aromatic N) is 2. The molecule has 1 aromatic heterocycles. The van der Waals surface area contributed by atoms with E-state index < -0.39 is 39.9 Å². The third-order valence-corrected chi connectivity index (χ3v) is 8.62. The maximum atomic E-state index is 14.2. The van der Waals surface area contributed by atoms with E-state index in [4.69, 9.17) is 4.74 Å². The normalized spacial score (nSPS) is 13.3. The fraction of sp³-hybridized carbons (Fsp3) is 0.409. The first kappa shape index (κ1) is 24.8. The van der Waals surface area contributed by atoms with Crippen LogP contribution in [0.1, 0.15) is 53.1 Å². The number of anilines is 1. The molecular formula is C22H24FN3O5S2. The third-order valence-electron chi connectivity index (χ3n) is 5.37. The molecule has 0 atom stereocenters. The van der Waals surface area contributed by atoms with E-state index in [9.17, 15) is 27.7 Å². The number of nitriles is 1. The molecule has 2 aromatic rings. The quantitative estimate of drug-likeness (QED) is 0.563. The van der Waals surface area contributed by atoms with Crippen molar-refractivity contribution in [3.63, 3.8) is 0 Å². The largest absolute Gasteiger partial charge is 0.452 e. The molecule has 3 rings (SSSR count). The van der Waals surface area contributed by atoms with E-state index in [1.165, 1.54) is 15.6 Å². The van der Waals surface area contributed by atoms with Gasteiger partial charge in [-0.2, -0.15) is 9.57 Å². The van der Waals surface area contributed by atoms with Gasteiger partial charge < -0.3 is 10.1 Å². The van der Waals surface area contributed by atoms with Gasteiger partial charge in [0.2, 0.25) is 10.0 Å². The number of hydrogen-bond acceptors (Lipinski definition) is 7. The van der Waals surface area contributed by atoms with E-state index in [-0.39, 0.29) is 18.0 Å². The summed E-state index contributed by atoms with van der Waals surface area (Å²) in [6.45, 7) is 3.05. The number of benzene rings is 1. The van der Waals surface area contributed by atoms with Crippen LogP contribution in [0.4, 0.5) is 9.39 Å². The number of aryl methyl sites for hydroxylation is 1. The zero-order chi connectivity index (χ0) is 24.2. The topological polar surface area (TPSA) is 117 Å². The van der Waals surface area contributed by atoms with Crippen LogP contribution in [-0.4, -0.2) is 44.3 Å². The molecule has 1 amide bonds. The van der Waals surface area contributed by atoms with Gasteiger partial charge in [0.05, 0.1) is 16.0 Å². The summed E-state index contributed by atoms with van der Waals surface area (Å²) >= 11 is 1.33. The van der Waals surface area contributed by atoms with Crippen molar-refractivity contribution in [1.29, 1.82) is 5.26 Å². The molecule has 0 aliphatic heterocycles. The zero-order valence-corrected chi connectivity index (χ0v) is 19.9. The molecule has 1 heterocycles. The highest BCUT2D eigenvalue weighted by Gasteiger charge is 2.26. The van der Waals surface area contributed by atoms with Gasteiger partial charge in [0, 0.05) is 18.0 Å². The molecule has 176 valence electrons. The number of fused-ring (bicyclic) bond motifs is 1. The zero-order valence-electron chi connectivity index (χ0n) is 18.3. The predicted molar refractivity (Wildman–Crippen MR) is 121 cm³/mol. The van der Waals surface area contributed by atoms with E-state index in [1.54, 1.807) is 13.8 Å². The van der Waals surface area contributed by atoms with Crippen molar-refractivity contribution < 1.29 is 27.1 Å². The number of hydrogen-bond donors (Lipinski definition) is 1. The van der Waals surface area contributed by atoms with E-state index in [0.717, 1.165) is 54.3 Å². The molecule has 0 saturated heterocycles. The van der Waals surface area contributed by atoms with Crippen molar-refractivity contribution in [3.8, 4) is 6.07 Å². The first-order chi connectivity index (χ1) is 15.7. The lowest BCUT2D eigenvalue weighted by molar-refractivity contribution is -0.119. The minimum absolute atomic E-state index is 0.215. The molecular weight excluding hydrogens is 469 g/mol. The number of carbonyl (C=O) groups is 2. The fourth-order valence-electron chi connectivity index (χ4n) is 3.68. The molecule has 0 fully saturated rings. The number of thiophene rings is 1. The average molecular weight is 494 g/mol. The fourth-order valence-corrected chi connectivity index (χ4v) is 6.42. The maximum absolute atomic E-state index is 14.2. The summed E-state index contributed by atoms with van der Waals surface area (Å²) in [6, 6.07) is 4.99. The Kier molecular flexibility index (Phi) is 7.84. The monoisotopic (exact) mass is 493 g/mol. The highest BCUT2D eigenvalue weighted by molar-refractivity contribution is 7.89. The Morgan fingerprint density at radius 2 is 1.94 bits per heavy atom. The van der Waals surface area contributed by atoms with Gasteiger partial charge in [0.15, 0.2) is 6.61 Å². The van der Waals surface area contributed by atoms with E-state index >= 15 is 0 Å². The van der Waals surface area contributed by atoms with Crippen molar-refractivity contribution in [2.24, 2.45) is 0 Å². The van der Waals surface area contributed by atoms with Crippen molar-refractivity contribution in [1.82, 2.24) is 4.31 Å². The number of halogens is 1. The van der Waals surface area contributed by atoms with Crippen LogP contribution in [0.5, 0.6) is 0 Å². The number of carbonyl (C=O) groups excluding carboxylic acids is 2. The van der Waals surface area contributed by atoms with Gasteiger partial charge in [-0.1, -0.05) is 13.8 Å². The Hall–Kier alpha value is -2.81. The second-order valence-electron chi connectivity index (χ2n) is 7.38. The van der Waals surface area contributed by atoms with Crippen molar-refractivity contribution >= 4 is 38.2 Å². The number of esters is 1. The first-order valence-corrected chi connectivity index (χ1v) is 12.8. The lowest BCUT2D eigenvalue weighted by atomic mass is 9.96. The minimum Gasteiger partial charge on any atom is -0.452 e. The maximum Gasteiger partial charge on any atom is 0.341 e. The van der Waals surface area contributed by atoms with Crippen molar-refractivity contribution in [3.05, 3.63) is 45.6 Å². The molecule has 0 unspecified atom stereocenters. The Bertz CT molecular complexity index is 1210.